The molecule has 122 valence electrons. The third kappa shape index (κ3) is 2.59. The van der Waals surface area contributed by atoms with Gasteiger partial charge < -0.3 is 5.73 Å². The smallest absolute Gasteiger partial charge is 0.233 e. The van der Waals surface area contributed by atoms with Crippen LogP contribution in [0.5, 0.6) is 0 Å². The number of carbonyl (C=O) groups excluding carboxylic acids is 1. The summed E-state index contributed by atoms with van der Waals surface area (Å²) in [6, 6.07) is 15.4. The van der Waals surface area contributed by atoms with Crippen molar-refractivity contribution in [2.75, 3.05) is 0 Å². The summed E-state index contributed by atoms with van der Waals surface area (Å²) in [6.45, 7) is 1.91. The van der Waals surface area contributed by atoms with Gasteiger partial charge in [0.15, 0.2) is 0 Å². The van der Waals surface area contributed by atoms with Crippen LogP contribution in [0.15, 0.2) is 54.6 Å². The van der Waals surface area contributed by atoms with Gasteiger partial charge >= 0.3 is 0 Å². The van der Waals surface area contributed by atoms with Crippen molar-refractivity contribution < 1.29 is 9.18 Å². The maximum absolute atomic E-state index is 13.2. The van der Waals surface area contributed by atoms with Crippen molar-refractivity contribution in [1.82, 2.24) is 9.59 Å². The van der Waals surface area contributed by atoms with E-state index in [1.165, 1.54) is 12.1 Å². The van der Waals surface area contributed by atoms with Gasteiger partial charge in [0.1, 0.15) is 16.9 Å². The van der Waals surface area contributed by atoms with E-state index in [2.05, 4.69) is 9.59 Å². The summed E-state index contributed by atoms with van der Waals surface area (Å²) >= 11 is 1.15. The summed E-state index contributed by atoms with van der Waals surface area (Å²) < 4.78 is 17.2. The molecule has 2 N–H and O–H groups in total. The van der Waals surface area contributed by atoms with Crippen LogP contribution in [-0.2, 0) is 10.2 Å². The standard InChI is InChI=1S/C18H16FN3OS/c1-2-18(17(20)23,13-6-4-3-5-7-13)16-15(21-22-24-16)12-8-10-14(19)11-9-12/h3-11H,2H2,1H3,(H2,20,23). The molecular weight excluding hydrogens is 325 g/mol. The second kappa shape index (κ2) is 6.49. The molecule has 24 heavy (non-hydrogen) atoms. The summed E-state index contributed by atoms with van der Waals surface area (Å²) in [7, 11) is 0. The number of benzene rings is 2. The molecule has 1 atom stereocenters. The number of primary amides is 1. The number of aromatic nitrogens is 2. The van der Waals surface area contributed by atoms with Gasteiger partial charge in [-0.2, -0.15) is 0 Å². The molecule has 1 amide bonds. The van der Waals surface area contributed by atoms with Gasteiger partial charge in [0, 0.05) is 5.56 Å². The zero-order valence-corrected chi connectivity index (χ0v) is 13.9. The molecule has 6 heteroatoms. The minimum atomic E-state index is -1.01. The van der Waals surface area contributed by atoms with Crippen molar-refractivity contribution in [3.63, 3.8) is 0 Å². The number of rotatable bonds is 5. The number of carbonyl (C=O) groups is 1. The van der Waals surface area contributed by atoms with Crippen LogP contribution in [0.25, 0.3) is 11.3 Å². The number of hydrogen-bond donors (Lipinski definition) is 1. The minimum absolute atomic E-state index is 0.330. The fraction of sp³-hybridized carbons (Fsp3) is 0.167. The number of nitrogens with two attached hydrogens (primary N) is 1. The average molecular weight is 341 g/mol. The molecular formula is C18H16FN3OS. The normalized spacial score (nSPS) is 13.4. The molecule has 0 fully saturated rings. The van der Waals surface area contributed by atoms with Crippen LogP contribution < -0.4 is 5.73 Å². The van der Waals surface area contributed by atoms with Crippen LogP contribution in [0, 0.1) is 5.82 Å². The predicted molar refractivity (Wildman–Crippen MR) is 92.0 cm³/mol. The Bertz CT molecular complexity index is 848. The maximum atomic E-state index is 13.2. The molecule has 0 spiro atoms. The van der Waals surface area contributed by atoms with Crippen LogP contribution in [0.2, 0.25) is 0 Å². The molecule has 4 nitrogen and oxygen atoms in total. The Labute approximate surface area is 143 Å². The van der Waals surface area contributed by atoms with E-state index in [4.69, 9.17) is 5.73 Å². The van der Waals surface area contributed by atoms with Gasteiger partial charge in [-0.25, -0.2) is 4.39 Å². The Kier molecular flexibility index (Phi) is 4.40. The van der Waals surface area contributed by atoms with E-state index in [-0.39, 0.29) is 5.82 Å². The monoisotopic (exact) mass is 341 g/mol. The molecule has 0 aliphatic rings. The molecule has 0 bridgehead atoms. The average Bonchev–Trinajstić information content (AvgIpc) is 3.07. The topological polar surface area (TPSA) is 68.9 Å². The molecule has 0 saturated carbocycles. The maximum Gasteiger partial charge on any atom is 0.233 e. The fourth-order valence-corrected chi connectivity index (χ4v) is 3.88. The number of amides is 1. The molecule has 0 aliphatic carbocycles. The molecule has 1 heterocycles. The highest BCUT2D eigenvalue weighted by molar-refractivity contribution is 7.06. The third-order valence-corrected chi connectivity index (χ3v) is 5.10. The van der Waals surface area contributed by atoms with E-state index >= 15 is 0 Å². The fourth-order valence-electron chi connectivity index (χ4n) is 2.91. The molecule has 3 rings (SSSR count). The van der Waals surface area contributed by atoms with E-state index in [1.807, 2.05) is 37.3 Å². The molecule has 3 aromatic rings. The summed E-state index contributed by atoms with van der Waals surface area (Å²) in [5, 5.41) is 4.18. The first-order valence-corrected chi connectivity index (χ1v) is 8.31. The lowest BCUT2D eigenvalue weighted by atomic mass is 9.75. The zero-order chi connectivity index (χ0) is 17.2. The highest BCUT2D eigenvalue weighted by Gasteiger charge is 2.43. The van der Waals surface area contributed by atoms with Gasteiger partial charge in [-0.3, -0.25) is 4.79 Å². The summed E-state index contributed by atoms with van der Waals surface area (Å²) in [6.07, 6.45) is 0.477. The second-order valence-corrected chi connectivity index (χ2v) is 6.20. The first-order chi connectivity index (χ1) is 11.6. The van der Waals surface area contributed by atoms with E-state index in [1.54, 1.807) is 12.1 Å². The van der Waals surface area contributed by atoms with Gasteiger partial charge in [0.05, 0.1) is 4.88 Å². The van der Waals surface area contributed by atoms with Gasteiger partial charge in [-0.05, 0) is 47.8 Å². The van der Waals surface area contributed by atoms with Crippen molar-refractivity contribution in [3.05, 3.63) is 70.9 Å². The van der Waals surface area contributed by atoms with Crippen LogP contribution >= 0.6 is 11.5 Å². The van der Waals surface area contributed by atoms with Gasteiger partial charge in [-0.1, -0.05) is 41.7 Å². The van der Waals surface area contributed by atoms with Crippen LogP contribution in [0.4, 0.5) is 4.39 Å². The molecule has 1 unspecified atom stereocenters. The van der Waals surface area contributed by atoms with Crippen molar-refractivity contribution in [2.24, 2.45) is 5.73 Å². The second-order valence-electron chi connectivity index (χ2n) is 5.45. The Hall–Kier alpha value is -2.60. The summed E-state index contributed by atoms with van der Waals surface area (Å²) in [5.74, 6) is -0.784. The predicted octanol–water partition coefficient (Wildman–Crippen LogP) is 3.53. The Morgan fingerprint density at radius 1 is 1.17 bits per heavy atom. The zero-order valence-electron chi connectivity index (χ0n) is 13.1. The highest BCUT2D eigenvalue weighted by Crippen LogP contribution is 2.42. The number of halogens is 1. The molecule has 0 saturated heterocycles. The Morgan fingerprint density at radius 2 is 1.83 bits per heavy atom. The van der Waals surface area contributed by atoms with E-state index in [0.29, 0.717) is 22.6 Å². The van der Waals surface area contributed by atoms with E-state index in [0.717, 1.165) is 17.1 Å². The van der Waals surface area contributed by atoms with Crippen molar-refractivity contribution in [3.8, 4) is 11.3 Å². The first-order valence-electron chi connectivity index (χ1n) is 7.53. The lowest BCUT2D eigenvalue weighted by Gasteiger charge is -2.29. The number of nitrogens with zero attached hydrogens (tertiary/aromatic N) is 2. The lowest BCUT2D eigenvalue weighted by molar-refractivity contribution is -0.122. The van der Waals surface area contributed by atoms with Crippen molar-refractivity contribution in [2.45, 2.75) is 18.8 Å². The molecule has 0 radical (unpaired) electrons. The lowest BCUT2D eigenvalue weighted by Crippen LogP contribution is -2.41. The van der Waals surface area contributed by atoms with Gasteiger partial charge in [-0.15, -0.1) is 5.10 Å². The Balaban J connectivity index is 2.23. The van der Waals surface area contributed by atoms with Crippen LogP contribution in [0.3, 0.4) is 0 Å². The Morgan fingerprint density at radius 3 is 2.42 bits per heavy atom. The van der Waals surface area contributed by atoms with Gasteiger partial charge in [0.25, 0.3) is 0 Å². The third-order valence-electron chi connectivity index (χ3n) is 4.21. The molecule has 1 aromatic heterocycles. The highest BCUT2D eigenvalue weighted by atomic mass is 32.1. The quantitative estimate of drug-likeness (QED) is 0.772. The molecule has 0 aliphatic heterocycles. The van der Waals surface area contributed by atoms with Crippen molar-refractivity contribution >= 4 is 17.4 Å². The first kappa shape index (κ1) is 16.3. The van der Waals surface area contributed by atoms with Crippen LogP contribution in [-0.4, -0.2) is 15.5 Å². The van der Waals surface area contributed by atoms with E-state index < -0.39 is 11.3 Å². The summed E-state index contributed by atoms with van der Waals surface area (Å²) in [4.78, 5) is 13.2. The van der Waals surface area contributed by atoms with E-state index in [9.17, 15) is 9.18 Å². The molecule has 2 aromatic carbocycles. The minimum Gasteiger partial charge on any atom is -0.369 e. The van der Waals surface area contributed by atoms with Crippen LogP contribution in [0.1, 0.15) is 23.8 Å². The largest absolute Gasteiger partial charge is 0.369 e. The van der Waals surface area contributed by atoms with Crippen molar-refractivity contribution in [1.29, 1.82) is 0 Å². The van der Waals surface area contributed by atoms with Gasteiger partial charge in [0.2, 0.25) is 5.91 Å². The number of hydrogen-bond acceptors (Lipinski definition) is 4. The summed E-state index contributed by atoms with van der Waals surface area (Å²) in [5.41, 5.74) is 6.88. The SMILES string of the molecule is CCC(C(N)=O)(c1ccccc1)c1snnc1-c1ccc(F)cc1.